The topological polar surface area (TPSA) is 47.7 Å². The largest absolute Gasteiger partial charge is 0.492 e. The maximum Gasteiger partial charge on any atom is 0.119 e. The third-order valence-corrected chi connectivity index (χ3v) is 3.70. The number of rotatable bonds is 7. The van der Waals surface area contributed by atoms with Crippen molar-refractivity contribution in [3.8, 4) is 5.75 Å². The highest BCUT2D eigenvalue weighted by Crippen LogP contribution is 2.15. The summed E-state index contributed by atoms with van der Waals surface area (Å²) in [6.07, 6.45) is 1.92. The SMILES string of the molecule is CCC(N)Cc1cccc(OCCN2CCOCC2)c1. The minimum atomic E-state index is 0.235. The first-order valence-electron chi connectivity index (χ1n) is 7.55. The van der Waals surface area contributed by atoms with Gasteiger partial charge in [-0.15, -0.1) is 0 Å². The first-order chi connectivity index (χ1) is 9.78. The van der Waals surface area contributed by atoms with Crippen molar-refractivity contribution in [3.63, 3.8) is 0 Å². The van der Waals surface area contributed by atoms with Crippen LogP contribution in [0.3, 0.4) is 0 Å². The standard InChI is InChI=1S/C16H26N2O2/c1-2-15(17)12-14-4-3-5-16(13-14)20-11-8-18-6-9-19-10-7-18/h3-5,13,15H,2,6-12,17H2,1H3. The van der Waals surface area contributed by atoms with Crippen LogP contribution in [0.1, 0.15) is 18.9 Å². The summed E-state index contributed by atoms with van der Waals surface area (Å²) < 4.78 is 11.2. The minimum absolute atomic E-state index is 0.235. The van der Waals surface area contributed by atoms with E-state index in [1.165, 1.54) is 5.56 Å². The van der Waals surface area contributed by atoms with E-state index < -0.39 is 0 Å². The van der Waals surface area contributed by atoms with Gasteiger partial charge in [-0.25, -0.2) is 0 Å². The molecule has 1 aliphatic heterocycles. The third kappa shape index (κ3) is 5.12. The number of ether oxygens (including phenoxy) is 2. The van der Waals surface area contributed by atoms with Crippen LogP contribution >= 0.6 is 0 Å². The van der Waals surface area contributed by atoms with E-state index in [4.69, 9.17) is 15.2 Å². The van der Waals surface area contributed by atoms with Gasteiger partial charge in [0.1, 0.15) is 12.4 Å². The molecule has 0 aromatic heterocycles. The third-order valence-electron chi connectivity index (χ3n) is 3.70. The Hall–Kier alpha value is -1.10. The second kappa shape index (κ2) is 8.25. The molecule has 4 heteroatoms. The van der Waals surface area contributed by atoms with Crippen LogP contribution in [-0.4, -0.2) is 50.4 Å². The molecular weight excluding hydrogens is 252 g/mol. The molecule has 0 bridgehead atoms. The molecule has 0 spiro atoms. The number of nitrogens with zero attached hydrogens (tertiary/aromatic N) is 1. The van der Waals surface area contributed by atoms with Crippen molar-refractivity contribution in [1.29, 1.82) is 0 Å². The normalized spacial score (nSPS) is 17.9. The predicted molar refractivity (Wildman–Crippen MR) is 81.2 cm³/mol. The summed E-state index contributed by atoms with van der Waals surface area (Å²) in [5, 5.41) is 0. The van der Waals surface area contributed by atoms with Crippen LogP contribution in [0.4, 0.5) is 0 Å². The Kier molecular flexibility index (Phi) is 6.30. The summed E-state index contributed by atoms with van der Waals surface area (Å²) in [7, 11) is 0. The van der Waals surface area contributed by atoms with E-state index in [1.807, 2.05) is 12.1 Å². The first kappa shape index (κ1) is 15.3. The summed E-state index contributed by atoms with van der Waals surface area (Å²) in [5.41, 5.74) is 7.25. The van der Waals surface area contributed by atoms with Gasteiger partial charge in [0.05, 0.1) is 13.2 Å². The van der Waals surface area contributed by atoms with Gasteiger partial charge < -0.3 is 15.2 Å². The molecule has 4 nitrogen and oxygen atoms in total. The lowest BCUT2D eigenvalue weighted by atomic mass is 10.0. The Balaban J connectivity index is 1.75. The van der Waals surface area contributed by atoms with Crippen LogP contribution < -0.4 is 10.5 Å². The van der Waals surface area contributed by atoms with Crippen molar-refractivity contribution in [2.75, 3.05) is 39.5 Å². The zero-order chi connectivity index (χ0) is 14.2. The molecule has 0 aliphatic carbocycles. The predicted octanol–water partition coefficient (Wildman–Crippen LogP) is 1.68. The van der Waals surface area contributed by atoms with Crippen LogP contribution in [0.25, 0.3) is 0 Å². The monoisotopic (exact) mass is 278 g/mol. The molecular formula is C16H26N2O2. The number of morpholine rings is 1. The molecule has 0 amide bonds. The quantitative estimate of drug-likeness (QED) is 0.824. The molecule has 2 N–H and O–H groups in total. The molecule has 1 aliphatic rings. The minimum Gasteiger partial charge on any atom is -0.492 e. The summed E-state index contributed by atoms with van der Waals surface area (Å²) in [4.78, 5) is 2.38. The molecule has 2 rings (SSSR count). The van der Waals surface area contributed by atoms with Gasteiger partial charge in [-0.1, -0.05) is 19.1 Å². The molecule has 0 radical (unpaired) electrons. The van der Waals surface area contributed by atoms with Crippen LogP contribution in [0.15, 0.2) is 24.3 Å². The molecule has 0 saturated carbocycles. The number of benzene rings is 1. The van der Waals surface area contributed by atoms with Gasteiger partial charge in [-0.05, 0) is 30.5 Å². The van der Waals surface area contributed by atoms with Gasteiger partial charge in [0, 0.05) is 25.7 Å². The molecule has 1 aromatic carbocycles. The van der Waals surface area contributed by atoms with Crippen molar-refractivity contribution in [2.24, 2.45) is 5.73 Å². The fourth-order valence-corrected chi connectivity index (χ4v) is 2.33. The second-order valence-corrected chi connectivity index (χ2v) is 5.32. The maximum atomic E-state index is 5.99. The average Bonchev–Trinajstić information content (AvgIpc) is 2.48. The zero-order valence-corrected chi connectivity index (χ0v) is 12.4. The summed E-state index contributed by atoms with van der Waals surface area (Å²) >= 11 is 0. The van der Waals surface area contributed by atoms with Crippen molar-refractivity contribution in [1.82, 2.24) is 4.90 Å². The van der Waals surface area contributed by atoms with Gasteiger partial charge in [-0.2, -0.15) is 0 Å². The van der Waals surface area contributed by atoms with Crippen LogP contribution in [0, 0.1) is 0 Å². The fraction of sp³-hybridized carbons (Fsp3) is 0.625. The van der Waals surface area contributed by atoms with Gasteiger partial charge in [0.2, 0.25) is 0 Å². The highest BCUT2D eigenvalue weighted by atomic mass is 16.5. The van der Waals surface area contributed by atoms with Crippen LogP contribution in [0.5, 0.6) is 5.75 Å². The van der Waals surface area contributed by atoms with Crippen molar-refractivity contribution >= 4 is 0 Å². The van der Waals surface area contributed by atoms with Gasteiger partial charge >= 0.3 is 0 Å². The van der Waals surface area contributed by atoms with Crippen LogP contribution in [0.2, 0.25) is 0 Å². The van der Waals surface area contributed by atoms with E-state index in [9.17, 15) is 0 Å². The molecule has 1 fully saturated rings. The highest BCUT2D eigenvalue weighted by Gasteiger charge is 2.09. The van der Waals surface area contributed by atoms with Gasteiger partial charge in [0.15, 0.2) is 0 Å². The van der Waals surface area contributed by atoms with E-state index in [0.717, 1.165) is 58.0 Å². The van der Waals surface area contributed by atoms with Gasteiger partial charge in [0.25, 0.3) is 0 Å². The molecule has 20 heavy (non-hydrogen) atoms. The highest BCUT2D eigenvalue weighted by molar-refractivity contribution is 5.29. The van der Waals surface area contributed by atoms with E-state index in [-0.39, 0.29) is 6.04 Å². The molecule has 1 saturated heterocycles. The van der Waals surface area contributed by atoms with Crippen LogP contribution in [-0.2, 0) is 11.2 Å². The number of hydrogen-bond donors (Lipinski definition) is 1. The lowest BCUT2D eigenvalue weighted by Crippen LogP contribution is -2.38. The average molecular weight is 278 g/mol. The van der Waals surface area contributed by atoms with Crippen molar-refractivity contribution < 1.29 is 9.47 Å². The van der Waals surface area contributed by atoms with Crippen molar-refractivity contribution in [2.45, 2.75) is 25.8 Å². The Morgan fingerprint density at radius 2 is 2.15 bits per heavy atom. The van der Waals surface area contributed by atoms with Gasteiger partial charge in [-0.3, -0.25) is 4.90 Å². The first-order valence-corrected chi connectivity index (χ1v) is 7.55. The summed E-state index contributed by atoms with van der Waals surface area (Å²) in [5.74, 6) is 0.944. The Labute approximate surface area is 121 Å². The summed E-state index contributed by atoms with van der Waals surface area (Å²) in [6.45, 7) is 7.50. The molecule has 1 atom stereocenters. The maximum absolute atomic E-state index is 5.99. The summed E-state index contributed by atoms with van der Waals surface area (Å²) in [6, 6.07) is 8.51. The van der Waals surface area contributed by atoms with E-state index in [0.29, 0.717) is 0 Å². The smallest absolute Gasteiger partial charge is 0.119 e. The van der Waals surface area contributed by atoms with E-state index in [2.05, 4.69) is 24.0 Å². The Morgan fingerprint density at radius 1 is 1.35 bits per heavy atom. The Morgan fingerprint density at radius 3 is 2.90 bits per heavy atom. The Bertz CT molecular complexity index is 392. The van der Waals surface area contributed by atoms with Crippen molar-refractivity contribution in [3.05, 3.63) is 29.8 Å². The number of hydrogen-bond acceptors (Lipinski definition) is 4. The lowest BCUT2D eigenvalue weighted by Gasteiger charge is -2.26. The van der Waals surface area contributed by atoms with E-state index in [1.54, 1.807) is 0 Å². The molecule has 1 heterocycles. The second-order valence-electron chi connectivity index (χ2n) is 5.32. The number of nitrogens with two attached hydrogens (primary N) is 1. The van der Waals surface area contributed by atoms with E-state index >= 15 is 0 Å². The lowest BCUT2D eigenvalue weighted by molar-refractivity contribution is 0.0322. The zero-order valence-electron chi connectivity index (χ0n) is 12.4. The molecule has 1 aromatic rings. The molecule has 1 unspecified atom stereocenters. The molecule has 112 valence electrons. The fourth-order valence-electron chi connectivity index (χ4n) is 2.33.